The fourth-order valence-electron chi connectivity index (χ4n) is 4.05. The van der Waals surface area contributed by atoms with Gasteiger partial charge in [0.05, 0.1) is 10.9 Å². The SMILES string of the molecule is CCCC[C@@](C)(C(=O)O)c1c(C)n(C(=O)c2ccc(F)c(F)c2)c2cc(F)c(O)c(F)c12. The van der Waals surface area contributed by atoms with Gasteiger partial charge in [0.2, 0.25) is 0 Å². The minimum absolute atomic E-state index is 0.0142. The number of aliphatic carboxylic acids is 1. The Balaban J connectivity index is 2.43. The number of carbonyl (C=O) groups is 2. The second-order valence-corrected chi connectivity index (χ2v) is 7.89. The summed E-state index contributed by atoms with van der Waals surface area (Å²) in [5, 5.41) is 19.4. The van der Waals surface area contributed by atoms with Crippen LogP contribution in [0.1, 0.15) is 54.7 Å². The summed E-state index contributed by atoms with van der Waals surface area (Å²) in [6.07, 6.45) is 1.17. The molecule has 0 bridgehead atoms. The molecule has 0 spiro atoms. The van der Waals surface area contributed by atoms with Gasteiger partial charge < -0.3 is 10.2 Å². The van der Waals surface area contributed by atoms with E-state index >= 15 is 4.39 Å². The maximum absolute atomic E-state index is 15.1. The lowest BCUT2D eigenvalue weighted by molar-refractivity contribution is -0.143. The van der Waals surface area contributed by atoms with Crippen LogP contribution in [0.25, 0.3) is 10.9 Å². The number of benzene rings is 2. The van der Waals surface area contributed by atoms with E-state index in [2.05, 4.69) is 0 Å². The Morgan fingerprint density at radius 2 is 1.72 bits per heavy atom. The Morgan fingerprint density at radius 1 is 1.06 bits per heavy atom. The number of aromatic nitrogens is 1. The van der Waals surface area contributed by atoms with Gasteiger partial charge in [-0.05, 0) is 38.5 Å². The van der Waals surface area contributed by atoms with E-state index in [1.807, 2.05) is 6.92 Å². The van der Waals surface area contributed by atoms with Crippen LogP contribution < -0.4 is 0 Å². The average Bonchev–Trinajstić information content (AvgIpc) is 3.03. The molecule has 2 N–H and O–H groups in total. The predicted octanol–water partition coefficient (Wildman–Crippen LogP) is 5.43. The topological polar surface area (TPSA) is 79.5 Å². The largest absolute Gasteiger partial charge is 0.503 e. The number of hydrogen-bond donors (Lipinski definition) is 2. The van der Waals surface area contributed by atoms with Gasteiger partial charge in [-0.2, -0.15) is 0 Å². The first-order valence-corrected chi connectivity index (χ1v) is 9.91. The van der Waals surface area contributed by atoms with Crippen LogP contribution in [0.5, 0.6) is 5.75 Å². The van der Waals surface area contributed by atoms with Gasteiger partial charge in [-0.1, -0.05) is 19.8 Å². The molecular formula is C23H21F4NO4. The number of phenolic OH excluding ortho intramolecular Hbond substituents is 1. The molecule has 1 atom stereocenters. The minimum atomic E-state index is -1.68. The third-order valence-corrected chi connectivity index (χ3v) is 5.79. The zero-order chi connectivity index (χ0) is 24.0. The van der Waals surface area contributed by atoms with Crippen molar-refractivity contribution in [3.05, 3.63) is 64.4 Å². The van der Waals surface area contributed by atoms with E-state index in [-0.39, 0.29) is 28.8 Å². The lowest BCUT2D eigenvalue weighted by Crippen LogP contribution is -2.33. The Labute approximate surface area is 180 Å². The van der Waals surface area contributed by atoms with Gasteiger partial charge >= 0.3 is 5.97 Å². The summed E-state index contributed by atoms with van der Waals surface area (Å²) in [5.41, 5.74) is -2.43. The fraction of sp³-hybridized carbons (Fsp3) is 0.304. The lowest BCUT2D eigenvalue weighted by atomic mass is 9.76. The van der Waals surface area contributed by atoms with Crippen molar-refractivity contribution in [2.24, 2.45) is 0 Å². The molecule has 1 heterocycles. The normalized spacial score (nSPS) is 13.3. The van der Waals surface area contributed by atoms with Crippen LogP contribution in [-0.2, 0) is 10.2 Å². The first-order chi connectivity index (χ1) is 15.0. The van der Waals surface area contributed by atoms with E-state index in [1.54, 1.807) is 0 Å². The third-order valence-electron chi connectivity index (χ3n) is 5.79. The number of aromatic hydroxyl groups is 1. The first kappa shape index (κ1) is 23.3. The standard InChI is InChI=1S/C23H21F4NO4/c1-4-5-8-23(3,22(31)32)18-11(2)28(16-10-15(26)20(29)19(27)17(16)18)21(30)12-6-7-13(24)14(25)9-12/h6-7,9-10,29H,4-5,8H2,1-3H3,(H,31,32)/t23-/m1/s1. The number of unbranched alkanes of at least 4 members (excludes halogenated alkanes) is 1. The van der Waals surface area contributed by atoms with E-state index in [0.717, 1.165) is 16.7 Å². The monoisotopic (exact) mass is 451 g/mol. The number of phenols is 1. The fourth-order valence-corrected chi connectivity index (χ4v) is 4.05. The number of carbonyl (C=O) groups excluding carboxylic acids is 1. The number of halogens is 4. The average molecular weight is 451 g/mol. The molecule has 0 saturated heterocycles. The highest BCUT2D eigenvalue weighted by molar-refractivity contribution is 6.06. The van der Waals surface area contributed by atoms with Crippen molar-refractivity contribution in [2.75, 3.05) is 0 Å². The van der Waals surface area contributed by atoms with Crippen LogP contribution in [0.3, 0.4) is 0 Å². The number of carboxylic acid groups (broad SMARTS) is 1. The van der Waals surface area contributed by atoms with Gasteiger partial charge in [-0.25, -0.2) is 17.6 Å². The molecule has 170 valence electrons. The highest BCUT2D eigenvalue weighted by atomic mass is 19.2. The molecule has 1 aromatic heterocycles. The van der Waals surface area contributed by atoms with Gasteiger partial charge in [0, 0.05) is 28.3 Å². The molecule has 32 heavy (non-hydrogen) atoms. The third kappa shape index (κ3) is 3.51. The molecule has 0 fully saturated rings. The Hall–Kier alpha value is -3.36. The molecular weight excluding hydrogens is 430 g/mol. The maximum Gasteiger partial charge on any atom is 0.313 e. The highest BCUT2D eigenvalue weighted by Crippen LogP contribution is 2.43. The second kappa shape index (κ2) is 8.29. The summed E-state index contributed by atoms with van der Waals surface area (Å²) in [5.74, 6) is -8.78. The number of carboxylic acids is 1. The van der Waals surface area contributed by atoms with Crippen molar-refractivity contribution in [1.29, 1.82) is 0 Å². The molecule has 0 saturated carbocycles. The number of hydrogen-bond acceptors (Lipinski definition) is 3. The minimum Gasteiger partial charge on any atom is -0.503 e. The summed E-state index contributed by atoms with van der Waals surface area (Å²) in [4.78, 5) is 25.5. The van der Waals surface area contributed by atoms with Crippen molar-refractivity contribution in [3.8, 4) is 5.75 Å². The van der Waals surface area contributed by atoms with Crippen molar-refractivity contribution >= 4 is 22.8 Å². The van der Waals surface area contributed by atoms with E-state index in [9.17, 15) is 33.0 Å². The van der Waals surface area contributed by atoms with E-state index in [1.165, 1.54) is 13.8 Å². The van der Waals surface area contributed by atoms with Crippen LogP contribution >= 0.6 is 0 Å². The predicted molar refractivity (Wildman–Crippen MR) is 109 cm³/mol. The Kier molecular flexibility index (Phi) is 6.04. The van der Waals surface area contributed by atoms with Gasteiger partial charge in [0.15, 0.2) is 29.0 Å². The molecule has 0 unspecified atom stereocenters. The second-order valence-electron chi connectivity index (χ2n) is 7.89. The molecule has 2 aromatic carbocycles. The molecule has 0 radical (unpaired) electrons. The molecule has 5 nitrogen and oxygen atoms in total. The molecule has 0 aliphatic carbocycles. The lowest BCUT2D eigenvalue weighted by Gasteiger charge is -2.26. The first-order valence-electron chi connectivity index (χ1n) is 9.91. The number of fused-ring (bicyclic) bond motifs is 1. The number of rotatable bonds is 6. The molecule has 9 heteroatoms. The van der Waals surface area contributed by atoms with E-state index < -0.39 is 51.7 Å². The van der Waals surface area contributed by atoms with Crippen LogP contribution in [0.4, 0.5) is 17.6 Å². The zero-order valence-corrected chi connectivity index (χ0v) is 17.6. The molecule has 0 aliphatic rings. The summed E-state index contributed by atoms with van der Waals surface area (Å²) < 4.78 is 57.2. The summed E-state index contributed by atoms with van der Waals surface area (Å²) >= 11 is 0. The van der Waals surface area contributed by atoms with E-state index in [0.29, 0.717) is 25.0 Å². The molecule has 3 aromatic rings. The maximum atomic E-state index is 15.1. The zero-order valence-electron chi connectivity index (χ0n) is 17.6. The van der Waals surface area contributed by atoms with Crippen LogP contribution in [0.2, 0.25) is 0 Å². The van der Waals surface area contributed by atoms with Crippen LogP contribution in [-0.4, -0.2) is 26.7 Å². The van der Waals surface area contributed by atoms with Crippen LogP contribution in [0.15, 0.2) is 24.3 Å². The van der Waals surface area contributed by atoms with E-state index in [4.69, 9.17) is 0 Å². The van der Waals surface area contributed by atoms with Crippen molar-refractivity contribution < 1.29 is 37.4 Å². The molecule has 0 amide bonds. The molecule has 3 rings (SSSR count). The van der Waals surface area contributed by atoms with Crippen LogP contribution in [0, 0.1) is 30.2 Å². The Bertz CT molecular complexity index is 1250. The smallest absolute Gasteiger partial charge is 0.313 e. The Morgan fingerprint density at radius 3 is 2.28 bits per heavy atom. The highest BCUT2D eigenvalue weighted by Gasteiger charge is 2.41. The number of nitrogens with zero attached hydrogens (tertiary/aromatic N) is 1. The van der Waals surface area contributed by atoms with Crippen molar-refractivity contribution in [3.63, 3.8) is 0 Å². The summed E-state index contributed by atoms with van der Waals surface area (Å²) in [7, 11) is 0. The molecule has 0 aliphatic heterocycles. The van der Waals surface area contributed by atoms with Gasteiger partial charge in [-0.3, -0.25) is 14.2 Å². The summed E-state index contributed by atoms with van der Waals surface area (Å²) in [6.45, 7) is 4.56. The van der Waals surface area contributed by atoms with Crippen molar-refractivity contribution in [1.82, 2.24) is 4.57 Å². The van der Waals surface area contributed by atoms with Gasteiger partial charge in [0.25, 0.3) is 5.91 Å². The quantitative estimate of drug-likeness (QED) is 0.490. The van der Waals surface area contributed by atoms with Gasteiger partial charge in [0.1, 0.15) is 0 Å². The summed E-state index contributed by atoms with van der Waals surface area (Å²) in [6, 6.07) is 3.10. The van der Waals surface area contributed by atoms with Crippen molar-refractivity contribution in [2.45, 2.75) is 45.4 Å². The van der Waals surface area contributed by atoms with Gasteiger partial charge in [-0.15, -0.1) is 0 Å².